The molecule has 41 heavy (non-hydrogen) atoms. The van der Waals surface area contributed by atoms with Gasteiger partial charge in [-0.2, -0.15) is 52.1 Å². The Labute approximate surface area is 234 Å². The minimum absolute atomic E-state index is 0.146. The number of rotatable bonds is 9. The van der Waals surface area contributed by atoms with E-state index in [4.69, 9.17) is 10.00 Å². The van der Waals surface area contributed by atoms with Crippen molar-refractivity contribution >= 4 is 11.8 Å². The summed E-state index contributed by atoms with van der Waals surface area (Å²) in [6.07, 6.45) is -11.4. The number of nitriles is 1. The second-order valence-electron chi connectivity index (χ2n) is 10.6. The number of morpholine rings is 1. The summed E-state index contributed by atoms with van der Waals surface area (Å²) in [4.78, 5) is 2.01. The van der Waals surface area contributed by atoms with E-state index in [0.29, 0.717) is 24.8 Å². The summed E-state index contributed by atoms with van der Waals surface area (Å²) >= 11 is 1.27. The molecule has 0 spiro atoms. The fourth-order valence-corrected chi connectivity index (χ4v) is 6.60. The van der Waals surface area contributed by atoms with Gasteiger partial charge in [-0.15, -0.1) is 0 Å². The van der Waals surface area contributed by atoms with Crippen molar-refractivity contribution in [3.63, 3.8) is 0 Å². The minimum atomic E-state index is -5.56. The van der Waals surface area contributed by atoms with Gasteiger partial charge in [0.1, 0.15) is 11.2 Å². The highest BCUT2D eigenvalue weighted by Gasteiger charge is 2.59. The van der Waals surface area contributed by atoms with E-state index in [2.05, 4.69) is 0 Å². The van der Waals surface area contributed by atoms with Crippen molar-refractivity contribution in [2.24, 2.45) is 0 Å². The van der Waals surface area contributed by atoms with Crippen molar-refractivity contribution in [2.75, 3.05) is 31.1 Å². The Kier molecular flexibility index (Phi) is 8.03. The first-order valence-corrected chi connectivity index (χ1v) is 13.7. The van der Waals surface area contributed by atoms with Gasteiger partial charge >= 0.3 is 18.3 Å². The predicted octanol–water partition coefficient (Wildman–Crippen LogP) is 6.66. The smallest absolute Gasteiger partial charge is 0.453 e. The number of nitrogens with zero attached hydrogens (tertiary/aromatic N) is 3. The molecule has 0 radical (unpaired) electrons. The van der Waals surface area contributed by atoms with E-state index in [9.17, 15) is 45.3 Å². The number of ether oxygens (including phenoxy) is 1. The summed E-state index contributed by atoms with van der Waals surface area (Å²) < 4.78 is 111. The zero-order valence-corrected chi connectivity index (χ0v) is 22.8. The van der Waals surface area contributed by atoms with E-state index < -0.39 is 58.8 Å². The summed E-state index contributed by atoms with van der Waals surface area (Å²) in [5, 5.41) is 31.4. The molecule has 6 nitrogen and oxygen atoms in total. The molecule has 2 aliphatic rings. The van der Waals surface area contributed by atoms with Crippen molar-refractivity contribution in [1.29, 1.82) is 5.26 Å². The zero-order valence-electron chi connectivity index (χ0n) is 22.0. The quantitative estimate of drug-likeness (QED) is 0.243. The third kappa shape index (κ3) is 5.70. The molecule has 2 bridgehead atoms. The van der Waals surface area contributed by atoms with Crippen LogP contribution >= 0.6 is 11.8 Å². The highest BCUT2D eigenvalue weighted by Crippen LogP contribution is 2.59. The van der Waals surface area contributed by atoms with Crippen LogP contribution < -0.4 is 0 Å². The van der Waals surface area contributed by atoms with Gasteiger partial charge in [-0.05, 0) is 62.9 Å². The molecule has 2 atom stereocenters. The lowest BCUT2D eigenvalue weighted by Gasteiger charge is -2.44. The first-order valence-electron chi connectivity index (χ1n) is 12.6. The fourth-order valence-electron chi connectivity index (χ4n) is 5.72. The van der Waals surface area contributed by atoms with Crippen molar-refractivity contribution in [3.05, 3.63) is 40.5 Å². The summed E-state index contributed by atoms with van der Waals surface area (Å²) in [5.41, 5.74) is -3.80. The summed E-state index contributed by atoms with van der Waals surface area (Å²) in [6, 6.07) is 4.33. The molecule has 0 saturated carbocycles. The van der Waals surface area contributed by atoms with Crippen LogP contribution in [-0.4, -0.2) is 62.9 Å². The van der Waals surface area contributed by atoms with E-state index >= 15 is 0 Å². The minimum Gasteiger partial charge on any atom is -0.494 e. The first-order chi connectivity index (χ1) is 18.8. The number of fused-ring (bicyclic) bond motifs is 5. The molecule has 1 aromatic heterocycles. The number of alkyl halides is 8. The maximum Gasteiger partial charge on any atom is 0.453 e. The van der Waals surface area contributed by atoms with Crippen LogP contribution in [0.3, 0.4) is 0 Å². The Morgan fingerprint density at radius 1 is 0.951 bits per heavy atom. The summed E-state index contributed by atoms with van der Waals surface area (Å²) in [6.45, 7) is 4.40. The molecule has 4 rings (SSSR count). The average Bonchev–Trinajstić information content (AvgIpc) is 3.21. The fraction of sp³-hybridized carbons (Fsp3) is 0.577. The van der Waals surface area contributed by atoms with Gasteiger partial charge in [0, 0.05) is 19.5 Å². The molecule has 226 valence electrons. The SMILES string of the molecule is C[C@]12CN(CCCSCCCC(F)(F)C(F)(F)F)C[C@](C)(O1)c1c2c(O)n(-c2ccc(C#N)c(C(F)(F)F)c2)c1O. The van der Waals surface area contributed by atoms with Crippen molar-refractivity contribution < 1.29 is 50.1 Å². The molecule has 1 fully saturated rings. The normalized spacial score (nSPS) is 23.0. The van der Waals surface area contributed by atoms with Crippen LogP contribution in [0.5, 0.6) is 11.8 Å². The van der Waals surface area contributed by atoms with Crippen molar-refractivity contribution in [2.45, 2.75) is 62.6 Å². The summed E-state index contributed by atoms with van der Waals surface area (Å²) in [5.74, 6) is -5.03. The Bertz CT molecular complexity index is 1310. The Morgan fingerprint density at radius 3 is 2.02 bits per heavy atom. The molecule has 0 aliphatic carbocycles. The van der Waals surface area contributed by atoms with Crippen LogP contribution in [-0.2, 0) is 22.1 Å². The van der Waals surface area contributed by atoms with Gasteiger partial charge in [-0.1, -0.05) is 0 Å². The largest absolute Gasteiger partial charge is 0.494 e. The second kappa shape index (κ2) is 10.5. The standard InChI is InChI=1S/C26H27F8N3O3S/c1-22-13-36(8-4-10-41-9-3-7-24(27,28)26(32,33)34)14-23(2,40-22)19-18(22)20(38)37(21(19)39)16-6-5-15(12-35)17(11-16)25(29,30)31/h5-6,11,38-39H,3-4,7-10,13-14H2,1-2H3/t22-,23+. The van der Waals surface area contributed by atoms with Crippen molar-refractivity contribution in [3.8, 4) is 23.5 Å². The zero-order chi connectivity index (χ0) is 30.6. The maximum atomic E-state index is 13.5. The topological polar surface area (TPSA) is 81.7 Å². The lowest BCUT2D eigenvalue weighted by Crippen LogP contribution is -2.51. The third-order valence-corrected chi connectivity index (χ3v) is 8.48. The molecule has 2 aromatic rings. The Balaban J connectivity index is 1.45. The Hall–Kier alpha value is -2.70. The van der Waals surface area contributed by atoms with E-state index in [1.165, 1.54) is 23.9 Å². The molecule has 2 aliphatic heterocycles. The van der Waals surface area contributed by atoms with Gasteiger partial charge in [-0.25, -0.2) is 0 Å². The molecule has 0 amide bonds. The molecule has 1 aromatic carbocycles. The third-order valence-electron chi connectivity index (χ3n) is 7.32. The highest BCUT2D eigenvalue weighted by atomic mass is 32.2. The van der Waals surface area contributed by atoms with Gasteiger partial charge in [0.15, 0.2) is 0 Å². The van der Waals surface area contributed by atoms with Crippen LogP contribution in [0.4, 0.5) is 35.1 Å². The van der Waals surface area contributed by atoms with E-state index in [1.54, 1.807) is 13.8 Å². The monoisotopic (exact) mass is 613 g/mol. The Morgan fingerprint density at radius 2 is 1.51 bits per heavy atom. The molecule has 0 unspecified atom stereocenters. The van der Waals surface area contributed by atoms with Gasteiger partial charge in [0.25, 0.3) is 0 Å². The lowest BCUT2D eigenvalue weighted by molar-refractivity contribution is -0.284. The van der Waals surface area contributed by atoms with Gasteiger partial charge in [0.2, 0.25) is 11.8 Å². The number of thioether (sulfide) groups is 1. The number of halogens is 8. The number of hydrogen-bond acceptors (Lipinski definition) is 6. The number of hydrogen-bond donors (Lipinski definition) is 2. The van der Waals surface area contributed by atoms with Crippen LogP contribution in [0.2, 0.25) is 0 Å². The second-order valence-corrected chi connectivity index (χ2v) is 11.8. The van der Waals surface area contributed by atoms with E-state index in [0.717, 1.165) is 10.6 Å². The molecule has 2 N–H and O–H groups in total. The first kappa shape index (κ1) is 31.2. The molecular weight excluding hydrogens is 586 g/mol. The maximum absolute atomic E-state index is 13.5. The molecule has 1 saturated heterocycles. The van der Waals surface area contributed by atoms with E-state index in [-0.39, 0.29) is 42.1 Å². The van der Waals surface area contributed by atoms with Crippen LogP contribution in [0.25, 0.3) is 5.69 Å². The molecule has 15 heteroatoms. The van der Waals surface area contributed by atoms with Crippen LogP contribution in [0.1, 0.15) is 55.4 Å². The average molecular weight is 614 g/mol. The lowest BCUT2D eigenvalue weighted by atomic mass is 9.94. The van der Waals surface area contributed by atoms with Crippen LogP contribution in [0.15, 0.2) is 18.2 Å². The van der Waals surface area contributed by atoms with Gasteiger partial charge in [-0.3, -0.25) is 9.47 Å². The number of aromatic nitrogens is 1. The van der Waals surface area contributed by atoms with Crippen LogP contribution in [0, 0.1) is 11.3 Å². The molecule has 3 heterocycles. The van der Waals surface area contributed by atoms with E-state index in [1.807, 2.05) is 4.90 Å². The number of aromatic hydroxyl groups is 2. The van der Waals surface area contributed by atoms with Gasteiger partial charge < -0.3 is 14.9 Å². The van der Waals surface area contributed by atoms with Gasteiger partial charge in [0.05, 0.1) is 34.0 Å². The summed E-state index contributed by atoms with van der Waals surface area (Å²) in [7, 11) is 0. The molecular formula is C26H27F8N3O3S. The number of benzene rings is 1. The van der Waals surface area contributed by atoms with Crippen molar-refractivity contribution in [1.82, 2.24) is 9.47 Å². The highest BCUT2D eigenvalue weighted by molar-refractivity contribution is 7.99. The predicted molar refractivity (Wildman–Crippen MR) is 133 cm³/mol.